The molecule has 2 aromatic carbocycles. The minimum absolute atomic E-state index is 0.107. The molecule has 1 N–H and O–H groups in total. The van der Waals surface area contributed by atoms with Crippen molar-refractivity contribution >= 4 is 11.7 Å². The second-order valence-electron chi connectivity index (χ2n) is 8.51. The number of ketones is 1. The maximum Gasteiger partial charge on any atom is 0.220 e. The molecule has 0 aromatic heterocycles. The average Bonchev–Trinajstić information content (AvgIpc) is 3.35. The van der Waals surface area contributed by atoms with Gasteiger partial charge in [0.25, 0.3) is 0 Å². The maximum atomic E-state index is 12.5. The van der Waals surface area contributed by atoms with Crippen LogP contribution in [0.2, 0.25) is 0 Å². The minimum atomic E-state index is -0.226. The van der Waals surface area contributed by atoms with Gasteiger partial charge in [-0.15, -0.1) is 0 Å². The molecule has 1 atom stereocenters. The van der Waals surface area contributed by atoms with E-state index in [0.29, 0.717) is 36.0 Å². The molecule has 7 heteroatoms. The zero-order valence-corrected chi connectivity index (χ0v) is 19.2. The van der Waals surface area contributed by atoms with Crippen LogP contribution in [0.15, 0.2) is 36.4 Å². The summed E-state index contributed by atoms with van der Waals surface area (Å²) < 4.78 is 22.6. The third-order valence-electron chi connectivity index (χ3n) is 6.10. The lowest BCUT2D eigenvalue weighted by molar-refractivity contribution is -0.121. The Morgan fingerprint density at radius 1 is 1.00 bits per heavy atom. The second kappa shape index (κ2) is 10.6. The highest BCUT2D eigenvalue weighted by Crippen LogP contribution is 2.34. The Morgan fingerprint density at radius 3 is 2.52 bits per heavy atom. The number of fused-ring (bicyclic) bond motifs is 1. The van der Waals surface area contributed by atoms with Gasteiger partial charge in [-0.05, 0) is 68.5 Å². The summed E-state index contributed by atoms with van der Waals surface area (Å²) >= 11 is 0. The van der Waals surface area contributed by atoms with Crippen LogP contribution in [0, 0.1) is 0 Å². The molecule has 2 aromatic rings. The fourth-order valence-corrected chi connectivity index (χ4v) is 4.22. The van der Waals surface area contributed by atoms with Gasteiger partial charge in [0.2, 0.25) is 5.91 Å². The third kappa shape index (κ3) is 5.78. The summed E-state index contributed by atoms with van der Waals surface area (Å²) in [6.07, 6.45) is 5.02. The number of Topliss-reactive ketones (excluding diaryl/α,β-unsaturated/α-hetero) is 1. The van der Waals surface area contributed by atoms with Gasteiger partial charge in [0.15, 0.2) is 28.8 Å². The smallest absolute Gasteiger partial charge is 0.220 e. The van der Waals surface area contributed by atoms with Gasteiger partial charge in [-0.25, -0.2) is 0 Å². The number of methoxy groups -OCH3 is 1. The molecular weight excluding hydrogens is 422 g/mol. The fraction of sp³-hybridized carbons (Fsp3) is 0.462. The van der Waals surface area contributed by atoms with Gasteiger partial charge in [0, 0.05) is 18.4 Å². The zero-order valence-electron chi connectivity index (χ0n) is 19.2. The van der Waals surface area contributed by atoms with Crippen molar-refractivity contribution in [3.8, 4) is 23.0 Å². The molecule has 4 rings (SSSR count). The lowest BCUT2D eigenvalue weighted by atomic mass is 10.0. The number of carbonyl (C=O) groups is 2. The first-order valence-corrected chi connectivity index (χ1v) is 11.6. The molecule has 7 nitrogen and oxygen atoms in total. The van der Waals surface area contributed by atoms with Gasteiger partial charge in [0.05, 0.1) is 19.3 Å². The van der Waals surface area contributed by atoms with E-state index in [1.54, 1.807) is 25.3 Å². The number of carbonyl (C=O) groups excluding carboxylic acids is 2. The quantitative estimate of drug-likeness (QED) is 0.558. The lowest BCUT2D eigenvalue weighted by Gasteiger charge is -2.19. The van der Waals surface area contributed by atoms with Crippen LogP contribution < -0.4 is 24.3 Å². The first-order chi connectivity index (χ1) is 16.0. The molecule has 0 bridgehead atoms. The molecule has 1 unspecified atom stereocenters. The summed E-state index contributed by atoms with van der Waals surface area (Å²) in [5.41, 5.74) is 1.43. The molecule has 1 heterocycles. The predicted octanol–water partition coefficient (Wildman–Crippen LogP) is 4.63. The lowest BCUT2D eigenvalue weighted by Crippen LogP contribution is -2.27. The Kier molecular flexibility index (Phi) is 7.37. The minimum Gasteiger partial charge on any atom is -0.493 e. The monoisotopic (exact) mass is 453 g/mol. The number of hydrogen-bond donors (Lipinski definition) is 1. The van der Waals surface area contributed by atoms with Crippen molar-refractivity contribution in [1.29, 1.82) is 0 Å². The van der Waals surface area contributed by atoms with E-state index in [4.69, 9.17) is 18.9 Å². The van der Waals surface area contributed by atoms with Crippen molar-refractivity contribution in [3.63, 3.8) is 0 Å². The highest BCUT2D eigenvalue weighted by molar-refractivity contribution is 5.98. The molecule has 0 saturated heterocycles. The van der Waals surface area contributed by atoms with E-state index in [0.717, 1.165) is 24.2 Å². The molecule has 0 radical (unpaired) electrons. The Hall–Kier alpha value is -3.22. The summed E-state index contributed by atoms with van der Waals surface area (Å²) in [6, 6.07) is 10.6. The molecule has 1 aliphatic carbocycles. The van der Waals surface area contributed by atoms with Crippen molar-refractivity contribution in [2.24, 2.45) is 0 Å². The molecule has 2 aliphatic rings. The first kappa shape index (κ1) is 23.0. The van der Waals surface area contributed by atoms with Crippen LogP contribution in [-0.2, 0) is 4.79 Å². The average molecular weight is 454 g/mol. The number of nitrogens with one attached hydrogen (secondary N) is 1. The summed E-state index contributed by atoms with van der Waals surface area (Å²) in [4.78, 5) is 25.0. The normalized spacial score (nSPS) is 16.2. The van der Waals surface area contributed by atoms with E-state index in [9.17, 15) is 9.59 Å². The topological polar surface area (TPSA) is 83.1 Å². The van der Waals surface area contributed by atoms with Crippen LogP contribution in [-0.4, -0.2) is 38.1 Å². The number of benzene rings is 2. The Balaban J connectivity index is 1.30. The summed E-state index contributed by atoms with van der Waals surface area (Å²) in [5.74, 6) is 2.31. The fourth-order valence-electron chi connectivity index (χ4n) is 4.22. The number of amides is 1. The first-order valence-electron chi connectivity index (χ1n) is 11.6. The second-order valence-corrected chi connectivity index (χ2v) is 8.51. The maximum absolute atomic E-state index is 12.5. The summed E-state index contributed by atoms with van der Waals surface area (Å²) in [5, 5.41) is 2.96. The molecule has 1 fully saturated rings. The van der Waals surface area contributed by atoms with Crippen molar-refractivity contribution in [1.82, 2.24) is 5.32 Å². The molecule has 33 heavy (non-hydrogen) atoms. The van der Waals surface area contributed by atoms with E-state index in [1.807, 2.05) is 25.1 Å². The van der Waals surface area contributed by atoms with Gasteiger partial charge >= 0.3 is 0 Å². The highest BCUT2D eigenvalue weighted by Gasteiger charge is 2.20. The SMILES string of the molecule is COc1cc(C(C)NC(=O)CCC(=O)c2ccc3c(c2)OCCO3)ccc1OC1CCCC1. The molecule has 176 valence electrons. The van der Waals surface area contributed by atoms with E-state index in [2.05, 4.69) is 5.32 Å². The molecule has 0 spiro atoms. The predicted molar refractivity (Wildman–Crippen MR) is 123 cm³/mol. The van der Waals surface area contributed by atoms with Crippen LogP contribution in [0.1, 0.15) is 67.4 Å². The largest absolute Gasteiger partial charge is 0.493 e. The van der Waals surface area contributed by atoms with Crippen LogP contribution in [0.25, 0.3) is 0 Å². The van der Waals surface area contributed by atoms with Gasteiger partial charge in [-0.3, -0.25) is 9.59 Å². The standard InChI is InChI=1S/C26H31NO6/c1-17(18-7-11-23(24(15-18)30-2)33-20-5-3-4-6-20)27-26(29)12-9-21(28)19-8-10-22-25(16-19)32-14-13-31-22/h7-8,10-11,15-17,20H,3-6,9,12-14H2,1-2H3,(H,27,29). The van der Waals surface area contributed by atoms with Gasteiger partial charge in [-0.2, -0.15) is 0 Å². The molecular formula is C26H31NO6. The van der Waals surface area contributed by atoms with Crippen LogP contribution in [0.5, 0.6) is 23.0 Å². The van der Waals surface area contributed by atoms with Crippen molar-refractivity contribution < 1.29 is 28.5 Å². The van der Waals surface area contributed by atoms with Crippen molar-refractivity contribution in [2.45, 2.75) is 57.6 Å². The number of rotatable bonds is 9. The summed E-state index contributed by atoms with van der Waals surface area (Å²) in [6.45, 7) is 2.87. The third-order valence-corrected chi connectivity index (χ3v) is 6.10. The Bertz CT molecular complexity index is 998. The molecule has 1 amide bonds. The van der Waals surface area contributed by atoms with Crippen molar-refractivity contribution in [3.05, 3.63) is 47.5 Å². The van der Waals surface area contributed by atoms with Crippen molar-refractivity contribution in [2.75, 3.05) is 20.3 Å². The van der Waals surface area contributed by atoms with E-state index < -0.39 is 0 Å². The van der Waals surface area contributed by atoms with Crippen LogP contribution in [0.4, 0.5) is 0 Å². The van der Waals surface area contributed by atoms with E-state index >= 15 is 0 Å². The number of hydrogen-bond acceptors (Lipinski definition) is 6. The molecule has 1 aliphatic heterocycles. The summed E-state index contributed by atoms with van der Waals surface area (Å²) in [7, 11) is 1.62. The van der Waals surface area contributed by atoms with Gasteiger partial charge in [0.1, 0.15) is 13.2 Å². The Labute approximate surface area is 194 Å². The molecule has 1 saturated carbocycles. The van der Waals surface area contributed by atoms with E-state index in [1.165, 1.54) is 12.8 Å². The van der Waals surface area contributed by atoms with Crippen LogP contribution >= 0.6 is 0 Å². The zero-order chi connectivity index (χ0) is 23.2. The van der Waals surface area contributed by atoms with Gasteiger partial charge < -0.3 is 24.3 Å². The number of ether oxygens (including phenoxy) is 4. The van der Waals surface area contributed by atoms with Crippen LogP contribution in [0.3, 0.4) is 0 Å². The van der Waals surface area contributed by atoms with Gasteiger partial charge in [-0.1, -0.05) is 6.07 Å². The van der Waals surface area contributed by atoms with E-state index in [-0.39, 0.29) is 36.7 Å². The Morgan fingerprint density at radius 2 is 1.76 bits per heavy atom. The highest BCUT2D eigenvalue weighted by atomic mass is 16.6.